The van der Waals surface area contributed by atoms with E-state index in [0.29, 0.717) is 13.2 Å². The molecule has 0 atom stereocenters. The zero-order valence-corrected chi connectivity index (χ0v) is 9.02. The van der Waals surface area contributed by atoms with Crippen LogP contribution in [0.2, 0.25) is 0 Å². The molecule has 1 saturated heterocycles. The molecule has 0 aliphatic carbocycles. The first kappa shape index (κ1) is 10.7. The molecule has 1 aliphatic heterocycles. The SMILES string of the molecule is C=Cc1cccc(CC2COC(=O)OC2)c1. The van der Waals surface area contributed by atoms with E-state index < -0.39 is 6.16 Å². The van der Waals surface area contributed by atoms with Crippen LogP contribution in [0.1, 0.15) is 11.1 Å². The van der Waals surface area contributed by atoms with Gasteiger partial charge in [-0.25, -0.2) is 4.79 Å². The van der Waals surface area contributed by atoms with E-state index in [4.69, 9.17) is 9.47 Å². The number of hydrogen-bond donors (Lipinski definition) is 0. The Kier molecular flexibility index (Phi) is 3.25. The normalized spacial score (nSPS) is 16.4. The van der Waals surface area contributed by atoms with Crippen LogP contribution in [0.25, 0.3) is 6.08 Å². The van der Waals surface area contributed by atoms with E-state index in [2.05, 4.69) is 18.7 Å². The molecule has 2 rings (SSSR count). The fourth-order valence-electron chi connectivity index (χ4n) is 1.76. The molecule has 0 unspecified atom stereocenters. The van der Waals surface area contributed by atoms with Crippen LogP contribution in [0.3, 0.4) is 0 Å². The average Bonchev–Trinajstić information content (AvgIpc) is 2.32. The number of benzene rings is 1. The Bertz CT molecular complexity index is 388. The van der Waals surface area contributed by atoms with Crippen molar-refractivity contribution < 1.29 is 14.3 Å². The molecule has 0 aromatic heterocycles. The lowest BCUT2D eigenvalue weighted by atomic mass is 9.99. The first-order chi connectivity index (χ1) is 7.78. The molecule has 0 spiro atoms. The summed E-state index contributed by atoms with van der Waals surface area (Å²) in [7, 11) is 0. The van der Waals surface area contributed by atoms with Crippen molar-refractivity contribution in [1.82, 2.24) is 0 Å². The molecule has 1 aliphatic rings. The number of hydrogen-bond acceptors (Lipinski definition) is 3. The van der Waals surface area contributed by atoms with Crippen LogP contribution >= 0.6 is 0 Å². The first-order valence-corrected chi connectivity index (χ1v) is 5.29. The van der Waals surface area contributed by atoms with E-state index in [1.165, 1.54) is 5.56 Å². The highest BCUT2D eigenvalue weighted by molar-refractivity contribution is 5.60. The molecule has 1 aromatic rings. The second kappa shape index (κ2) is 4.84. The highest BCUT2D eigenvalue weighted by Crippen LogP contribution is 2.15. The van der Waals surface area contributed by atoms with Crippen LogP contribution in [-0.2, 0) is 15.9 Å². The monoisotopic (exact) mass is 218 g/mol. The Morgan fingerprint density at radius 2 is 2.12 bits per heavy atom. The Hall–Kier alpha value is -1.77. The fourth-order valence-corrected chi connectivity index (χ4v) is 1.76. The molecular weight excluding hydrogens is 204 g/mol. The molecule has 3 nitrogen and oxygen atoms in total. The standard InChI is InChI=1S/C13H14O3/c1-2-10-4-3-5-11(6-10)7-12-8-15-13(14)16-9-12/h2-6,12H,1,7-9H2. The van der Waals surface area contributed by atoms with Crippen molar-refractivity contribution in [2.24, 2.45) is 5.92 Å². The van der Waals surface area contributed by atoms with Gasteiger partial charge in [0.15, 0.2) is 0 Å². The van der Waals surface area contributed by atoms with Crippen LogP contribution in [0.15, 0.2) is 30.8 Å². The third-order valence-electron chi connectivity index (χ3n) is 2.58. The first-order valence-electron chi connectivity index (χ1n) is 5.29. The number of carbonyl (C=O) groups is 1. The Labute approximate surface area is 94.7 Å². The van der Waals surface area contributed by atoms with Gasteiger partial charge in [-0.2, -0.15) is 0 Å². The molecular formula is C13H14O3. The average molecular weight is 218 g/mol. The van der Waals surface area contributed by atoms with Crippen molar-refractivity contribution in [1.29, 1.82) is 0 Å². The number of rotatable bonds is 3. The molecule has 0 bridgehead atoms. The van der Waals surface area contributed by atoms with E-state index in [1.54, 1.807) is 0 Å². The summed E-state index contributed by atoms with van der Waals surface area (Å²) in [6.45, 7) is 4.62. The molecule has 3 heteroatoms. The van der Waals surface area contributed by atoms with E-state index in [-0.39, 0.29) is 5.92 Å². The van der Waals surface area contributed by atoms with E-state index in [9.17, 15) is 4.79 Å². The van der Waals surface area contributed by atoms with Gasteiger partial charge >= 0.3 is 6.16 Å². The lowest BCUT2D eigenvalue weighted by Crippen LogP contribution is -2.28. The predicted molar refractivity (Wildman–Crippen MR) is 61.0 cm³/mol. The van der Waals surface area contributed by atoms with Crippen molar-refractivity contribution in [3.63, 3.8) is 0 Å². The minimum absolute atomic E-state index is 0.248. The Balaban J connectivity index is 1.98. The maximum atomic E-state index is 10.7. The smallest absolute Gasteiger partial charge is 0.434 e. The summed E-state index contributed by atoms with van der Waals surface area (Å²) < 4.78 is 9.68. The Morgan fingerprint density at radius 1 is 1.38 bits per heavy atom. The van der Waals surface area contributed by atoms with Crippen molar-refractivity contribution in [3.8, 4) is 0 Å². The van der Waals surface area contributed by atoms with Gasteiger partial charge in [0.25, 0.3) is 0 Å². The van der Waals surface area contributed by atoms with Gasteiger partial charge in [-0.3, -0.25) is 0 Å². The van der Waals surface area contributed by atoms with Gasteiger partial charge in [-0.1, -0.05) is 36.9 Å². The van der Waals surface area contributed by atoms with Crippen molar-refractivity contribution in [2.75, 3.05) is 13.2 Å². The van der Waals surface area contributed by atoms with Gasteiger partial charge in [0.05, 0.1) is 0 Å². The van der Waals surface area contributed by atoms with Crippen molar-refractivity contribution in [3.05, 3.63) is 42.0 Å². The molecule has 16 heavy (non-hydrogen) atoms. The van der Waals surface area contributed by atoms with E-state index in [1.807, 2.05) is 18.2 Å². The minimum Gasteiger partial charge on any atom is -0.434 e. The van der Waals surface area contributed by atoms with Gasteiger partial charge in [0.1, 0.15) is 13.2 Å². The second-order valence-corrected chi connectivity index (χ2v) is 3.89. The third kappa shape index (κ3) is 2.63. The quantitative estimate of drug-likeness (QED) is 0.732. The maximum absolute atomic E-state index is 10.7. The highest BCUT2D eigenvalue weighted by atomic mass is 16.7. The molecule has 1 heterocycles. The zero-order chi connectivity index (χ0) is 11.4. The zero-order valence-electron chi connectivity index (χ0n) is 9.02. The molecule has 1 fully saturated rings. The molecule has 0 radical (unpaired) electrons. The van der Waals surface area contributed by atoms with Crippen molar-refractivity contribution >= 4 is 12.2 Å². The van der Waals surface area contributed by atoms with Crippen LogP contribution in [0.4, 0.5) is 4.79 Å². The molecule has 84 valence electrons. The topological polar surface area (TPSA) is 35.5 Å². The van der Waals surface area contributed by atoms with Gasteiger partial charge in [0.2, 0.25) is 0 Å². The molecule has 0 N–H and O–H groups in total. The molecule has 0 saturated carbocycles. The lowest BCUT2D eigenvalue weighted by Gasteiger charge is -2.21. The van der Waals surface area contributed by atoms with Gasteiger partial charge < -0.3 is 9.47 Å². The second-order valence-electron chi connectivity index (χ2n) is 3.89. The summed E-state index contributed by atoms with van der Waals surface area (Å²) >= 11 is 0. The summed E-state index contributed by atoms with van der Waals surface area (Å²) in [6, 6.07) is 8.16. The number of ether oxygens (including phenoxy) is 2. The lowest BCUT2D eigenvalue weighted by molar-refractivity contribution is -0.0117. The summed E-state index contributed by atoms with van der Waals surface area (Å²) in [5.41, 5.74) is 2.31. The van der Waals surface area contributed by atoms with E-state index >= 15 is 0 Å². The van der Waals surface area contributed by atoms with Crippen LogP contribution in [-0.4, -0.2) is 19.4 Å². The van der Waals surface area contributed by atoms with Gasteiger partial charge in [-0.05, 0) is 17.5 Å². The van der Waals surface area contributed by atoms with Crippen LogP contribution in [0, 0.1) is 5.92 Å². The molecule has 0 amide bonds. The minimum atomic E-state index is -0.559. The molecule has 1 aromatic carbocycles. The summed E-state index contributed by atoms with van der Waals surface area (Å²) in [5.74, 6) is 0.248. The highest BCUT2D eigenvalue weighted by Gasteiger charge is 2.21. The number of cyclic esters (lactones) is 2. The van der Waals surface area contributed by atoms with Crippen LogP contribution < -0.4 is 0 Å². The van der Waals surface area contributed by atoms with Gasteiger partial charge in [0, 0.05) is 5.92 Å². The van der Waals surface area contributed by atoms with Crippen molar-refractivity contribution in [2.45, 2.75) is 6.42 Å². The summed E-state index contributed by atoms with van der Waals surface area (Å²) in [4.78, 5) is 10.7. The Morgan fingerprint density at radius 3 is 2.81 bits per heavy atom. The maximum Gasteiger partial charge on any atom is 0.508 e. The predicted octanol–water partition coefficient (Wildman–Crippen LogP) is 2.66. The van der Waals surface area contributed by atoms with Crippen LogP contribution in [0.5, 0.6) is 0 Å². The summed E-state index contributed by atoms with van der Waals surface area (Å²) in [6.07, 6.45) is 2.12. The number of carbonyl (C=O) groups excluding carboxylic acids is 1. The largest absolute Gasteiger partial charge is 0.508 e. The summed E-state index contributed by atoms with van der Waals surface area (Å²) in [5, 5.41) is 0. The van der Waals surface area contributed by atoms with Gasteiger partial charge in [-0.15, -0.1) is 0 Å². The third-order valence-corrected chi connectivity index (χ3v) is 2.58. The van der Waals surface area contributed by atoms with E-state index in [0.717, 1.165) is 12.0 Å². The fraction of sp³-hybridized carbons (Fsp3) is 0.308.